The molecule has 1 N–H and O–H groups in total. The molecule has 1 unspecified atom stereocenters. The van der Waals surface area contributed by atoms with Crippen LogP contribution in [-0.4, -0.2) is 25.8 Å². The van der Waals surface area contributed by atoms with E-state index >= 15 is 0 Å². The minimum absolute atomic E-state index is 0.544. The summed E-state index contributed by atoms with van der Waals surface area (Å²) in [6.07, 6.45) is 12.6. The summed E-state index contributed by atoms with van der Waals surface area (Å²) in [6.45, 7) is 3.13. The van der Waals surface area contributed by atoms with Crippen molar-refractivity contribution in [1.29, 1.82) is 0 Å². The maximum Gasteiger partial charge on any atom is 0.0576 e. The van der Waals surface area contributed by atoms with Crippen LogP contribution in [0.5, 0.6) is 0 Å². The molecule has 0 radical (unpaired) electrons. The molecule has 1 heterocycles. The zero-order chi connectivity index (χ0) is 10.1. The zero-order valence-corrected chi connectivity index (χ0v) is 8.93. The molecule has 14 heavy (non-hydrogen) atoms. The zero-order valence-electron chi connectivity index (χ0n) is 8.93. The molecule has 1 aliphatic rings. The molecule has 0 amide bonds. The van der Waals surface area contributed by atoms with Crippen LogP contribution >= 0.6 is 0 Å². The van der Waals surface area contributed by atoms with E-state index in [0.29, 0.717) is 6.10 Å². The first-order valence-electron chi connectivity index (χ1n) is 5.69. The smallest absolute Gasteiger partial charge is 0.0576 e. The first kappa shape index (κ1) is 11.6. The lowest BCUT2D eigenvalue weighted by Gasteiger charge is -2.08. The Kier molecular flexibility index (Phi) is 6.47. The minimum Gasteiger partial charge on any atom is -0.378 e. The maximum atomic E-state index is 5.54. The van der Waals surface area contributed by atoms with Crippen LogP contribution < -0.4 is 5.32 Å². The van der Waals surface area contributed by atoms with Crippen LogP contribution in [0.25, 0.3) is 0 Å². The van der Waals surface area contributed by atoms with Gasteiger partial charge in [0.1, 0.15) is 0 Å². The first-order chi connectivity index (χ1) is 6.93. The van der Waals surface area contributed by atoms with E-state index in [2.05, 4.69) is 11.2 Å². The van der Waals surface area contributed by atoms with Crippen LogP contribution in [0.4, 0.5) is 0 Å². The first-order valence-corrected chi connectivity index (χ1v) is 5.69. The molecule has 80 valence electrons. The lowest BCUT2D eigenvalue weighted by atomic mass is 10.1. The van der Waals surface area contributed by atoms with Gasteiger partial charge in [0, 0.05) is 13.0 Å². The Balaban J connectivity index is 1.78. The van der Waals surface area contributed by atoms with Crippen molar-refractivity contribution in [2.24, 2.45) is 0 Å². The quantitative estimate of drug-likeness (QED) is 0.495. The van der Waals surface area contributed by atoms with Crippen molar-refractivity contribution in [1.82, 2.24) is 5.32 Å². The fourth-order valence-corrected chi connectivity index (χ4v) is 1.77. The van der Waals surface area contributed by atoms with Crippen LogP contribution in [0.15, 0.2) is 0 Å². The van der Waals surface area contributed by atoms with Crippen LogP contribution in [0.2, 0.25) is 0 Å². The molecule has 0 spiro atoms. The minimum atomic E-state index is 0.544. The molecule has 1 atom stereocenters. The van der Waals surface area contributed by atoms with Gasteiger partial charge in [-0.2, -0.15) is 0 Å². The van der Waals surface area contributed by atoms with Gasteiger partial charge in [-0.3, -0.25) is 0 Å². The van der Waals surface area contributed by atoms with Crippen molar-refractivity contribution < 1.29 is 4.74 Å². The summed E-state index contributed by atoms with van der Waals surface area (Å²) >= 11 is 0. The maximum absolute atomic E-state index is 5.54. The van der Waals surface area contributed by atoms with Gasteiger partial charge in [0.25, 0.3) is 0 Å². The van der Waals surface area contributed by atoms with E-state index in [1.807, 2.05) is 0 Å². The van der Waals surface area contributed by atoms with Crippen molar-refractivity contribution in [2.75, 3.05) is 19.7 Å². The Bertz CT molecular complexity index is 168. The van der Waals surface area contributed by atoms with Gasteiger partial charge in [0.05, 0.1) is 6.10 Å². The molecular formula is C12H21NO. The summed E-state index contributed by atoms with van der Waals surface area (Å²) in [6, 6.07) is 0. The molecule has 0 bridgehead atoms. The van der Waals surface area contributed by atoms with Crippen LogP contribution in [0.3, 0.4) is 0 Å². The number of hydrogen-bond acceptors (Lipinski definition) is 2. The Morgan fingerprint density at radius 1 is 1.36 bits per heavy atom. The Morgan fingerprint density at radius 3 is 2.93 bits per heavy atom. The second-order valence-electron chi connectivity index (χ2n) is 3.83. The molecule has 0 aromatic carbocycles. The summed E-state index contributed by atoms with van der Waals surface area (Å²) in [5, 5.41) is 3.39. The molecule has 0 aromatic heterocycles. The number of unbranched alkanes of at least 4 members (excludes halogenated alkanes) is 1. The second kappa shape index (κ2) is 7.84. The molecule has 0 aromatic rings. The molecule has 1 fully saturated rings. The van der Waals surface area contributed by atoms with Gasteiger partial charge in [-0.25, -0.2) is 0 Å². The average Bonchev–Trinajstić information content (AvgIpc) is 2.69. The third-order valence-electron chi connectivity index (χ3n) is 2.58. The summed E-state index contributed by atoms with van der Waals surface area (Å²) in [5.41, 5.74) is 0. The predicted octanol–water partition coefficient (Wildman–Crippen LogP) is 1.95. The molecular weight excluding hydrogens is 174 g/mol. The van der Waals surface area contributed by atoms with Gasteiger partial charge in [-0.15, -0.1) is 12.3 Å². The lowest BCUT2D eigenvalue weighted by molar-refractivity contribution is 0.102. The second-order valence-corrected chi connectivity index (χ2v) is 3.83. The van der Waals surface area contributed by atoms with E-state index in [4.69, 9.17) is 11.2 Å². The fraction of sp³-hybridized carbons (Fsp3) is 0.833. The van der Waals surface area contributed by atoms with Crippen LogP contribution in [-0.2, 0) is 4.74 Å². The van der Waals surface area contributed by atoms with Gasteiger partial charge in [0.2, 0.25) is 0 Å². The topological polar surface area (TPSA) is 21.3 Å². The van der Waals surface area contributed by atoms with E-state index in [0.717, 1.165) is 32.5 Å². The number of terminal acetylenes is 1. The van der Waals surface area contributed by atoms with Crippen molar-refractivity contribution in [3.05, 3.63) is 0 Å². The largest absolute Gasteiger partial charge is 0.378 e. The third kappa shape index (κ3) is 5.26. The van der Waals surface area contributed by atoms with Gasteiger partial charge in [-0.05, 0) is 45.2 Å². The predicted molar refractivity (Wildman–Crippen MR) is 59.1 cm³/mol. The summed E-state index contributed by atoms with van der Waals surface area (Å²) in [5.74, 6) is 2.64. The molecule has 1 saturated heterocycles. The SMILES string of the molecule is C#CCCCNCCCC1CCCO1. The average molecular weight is 195 g/mol. The molecule has 0 aliphatic carbocycles. The van der Waals surface area contributed by atoms with E-state index in [-0.39, 0.29) is 0 Å². The third-order valence-corrected chi connectivity index (χ3v) is 2.58. The van der Waals surface area contributed by atoms with Gasteiger partial charge < -0.3 is 10.1 Å². The molecule has 1 aliphatic heterocycles. The number of ether oxygens (including phenoxy) is 1. The Hall–Kier alpha value is -0.520. The van der Waals surface area contributed by atoms with Gasteiger partial charge >= 0.3 is 0 Å². The highest BCUT2D eigenvalue weighted by atomic mass is 16.5. The monoisotopic (exact) mass is 195 g/mol. The lowest BCUT2D eigenvalue weighted by Crippen LogP contribution is -2.18. The van der Waals surface area contributed by atoms with E-state index < -0.39 is 0 Å². The highest BCUT2D eigenvalue weighted by Crippen LogP contribution is 2.16. The van der Waals surface area contributed by atoms with Crippen LogP contribution in [0, 0.1) is 12.3 Å². The van der Waals surface area contributed by atoms with Crippen molar-refractivity contribution >= 4 is 0 Å². The van der Waals surface area contributed by atoms with E-state index in [9.17, 15) is 0 Å². The fourth-order valence-electron chi connectivity index (χ4n) is 1.77. The van der Waals surface area contributed by atoms with Crippen molar-refractivity contribution in [3.63, 3.8) is 0 Å². The standard InChI is InChI=1S/C12H21NO/c1-2-3-4-9-13-10-5-7-12-8-6-11-14-12/h1,12-13H,3-11H2. The highest BCUT2D eigenvalue weighted by molar-refractivity contribution is 4.83. The van der Waals surface area contributed by atoms with E-state index in [1.165, 1.54) is 25.7 Å². The Labute approximate surface area is 87.4 Å². The van der Waals surface area contributed by atoms with E-state index in [1.54, 1.807) is 0 Å². The van der Waals surface area contributed by atoms with Crippen molar-refractivity contribution in [2.45, 2.75) is 44.6 Å². The summed E-state index contributed by atoms with van der Waals surface area (Å²) < 4.78 is 5.54. The molecule has 0 saturated carbocycles. The number of rotatable bonds is 7. The number of hydrogen-bond donors (Lipinski definition) is 1. The van der Waals surface area contributed by atoms with Crippen molar-refractivity contribution in [3.8, 4) is 12.3 Å². The summed E-state index contributed by atoms with van der Waals surface area (Å²) in [4.78, 5) is 0. The molecule has 2 heteroatoms. The Morgan fingerprint density at radius 2 is 2.21 bits per heavy atom. The molecule has 2 nitrogen and oxygen atoms in total. The molecule has 1 rings (SSSR count). The van der Waals surface area contributed by atoms with Gasteiger partial charge in [0.15, 0.2) is 0 Å². The highest BCUT2D eigenvalue weighted by Gasteiger charge is 2.13. The number of nitrogens with one attached hydrogen (secondary N) is 1. The van der Waals surface area contributed by atoms with Crippen LogP contribution in [0.1, 0.15) is 38.5 Å². The van der Waals surface area contributed by atoms with Gasteiger partial charge in [-0.1, -0.05) is 0 Å². The normalized spacial score (nSPS) is 20.9. The summed E-state index contributed by atoms with van der Waals surface area (Å²) in [7, 11) is 0.